The Morgan fingerprint density at radius 1 is 0.897 bits per heavy atom. The van der Waals surface area contributed by atoms with E-state index in [4.69, 9.17) is 21.9 Å². The number of hydrogen-bond donors (Lipinski definition) is 4. The summed E-state index contributed by atoms with van der Waals surface area (Å²) in [5.41, 5.74) is 18.0. The molecule has 3 rings (SSSR count). The maximum Gasteiger partial charge on any atom is 0.198 e. The highest BCUT2D eigenvalue weighted by molar-refractivity contribution is 14.1. The summed E-state index contributed by atoms with van der Waals surface area (Å²) in [6.07, 6.45) is 0. The lowest BCUT2D eigenvalue weighted by molar-refractivity contribution is 0.483. The van der Waals surface area contributed by atoms with Crippen molar-refractivity contribution in [2.24, 2.45) is 27.2 Å². The molecule has 9 heteroatoms. The van der Waals surface area contributed by atoms with Gasteiger partial charge in [-0.25, -0.2) is 14.4 Å². The van der Waals surface area contributed by atoms with Crippen LogP contribution >= 0.6 is 22.6 Å². The van der Waals surface area contributed by atoms with E-state index < -0.39 is 5.82 Å². The number of halogens is 2. The van der Waals surface area contributed by atoms with Crippen molar-refractivity contribution in [3.8, 4) is 11.5 Å². The van der Waals surface area contributed by atoms with Gasteiger partial charge in [0.15, 0.2) is 11.9 Å². The zero-order valence-corrected chi connectivity index (χ0v) is 17.3. The molecule has 3 aromatic carbocycles. The second-order valence-electron chi connectivity index (χ2n) is 5.88. The third kappa shape index (κ3) is 6.07. The molecule has 0 aliphatic carbocycles. The second kappa shape index (κ2) is 9.24. The van der Waals surface area contributed by atoms with Crippen LogP contribution in [0.2, 0.25) is 0 Å². The highest BCUT2D eigenvalue weighted by atomic mass is 127. The van der Waals surface area contributed by atoms with E-state index in [2.05, 4.69) is 15.3 Å². The first-order valence-corrected chi connectivity index (χ1v) is 9.51. The predicted octanol–water partition coefficient (Wildman–Crippen LogP) is 4.19. The van der Waals surface area contributed by atoms with Crippen LogP contribution in [0.3, 0.4) is 0 Å². The normalized spacial score (nSPS) is 11.0. The Morgan fingerprint density at radius 2 is 1.66 bits per heavy atom. The van der Waals surface area contributed by atoms with E-state index in [0.29, 0.717) is 22.9 Å². The van der Waals surface area contributed by atoms with E-state index in [1.807, 2.05) is 22.6 Å². The van der Waals surface area contributed by atoms with Crippen LogP contribution in [0.25, 0.3) is 0 Å². The maximum atomic E-state index is 13.9. The summed E-state index contributed by atoms with van der Waals surface area (Å²) in [4.78, 5) is 8.03. The molecule has 0 amide bonds. The van der Waals surface area contributed by atoms with Gasteiger partial charge >= 0.3 is 0 Å². The smallest absolute Gasteiger partial charge is 0.198 e. The summed E-state index contributed by atoms with van der Waals surface area (Å²) in [6.45, 7) is 0. The van der Waals surface area contributed by atoms with Crippen molar-refractivity contribution < 1.29 is 9.13 Å². The van der Waals surface area contributed by atoms with E-state index in [9.17, 15) is 4.39 Å². The molecule has 0 fully saturated rings. The zero-order valence-electron chi connectivity index (χ0n) is 15.1. The van der Waals surface area contributed by atoms with Gasteiger partial charge in [0.25, 0.3) is 0 Å². The molecule has 0 spiro atoms. The van der Waals surface area contributed by atoms with Crippen molar-refractivity contribution in [1.29, 1.82) is 0 Å². The van der Waals surface area contributed by atoms with E-state index in [1.165, 1.54) is 6.07 Å². The molecule has 3 aromatic rings. The Bertz CT molecular complexity index is 1060. The van der Waals surface area contributed by atoms with Gasteiger partial charge in [0, 0.05) is 15.3 Å². The summed E-state index contributed by atoms with van der Waals surface area (Å²) in [5, 5.41) is 2.92. The number of rotatable bonds is 5. The highest BCUT2D eigenvalue weighted by Crippen LogP contribution is 2.26. The topological polar surface area (TPSA) is 124 Å². The van der Waals surface area contributed by atoms with Crippen molar-refractivity contribution in [1.82, 2.24) is 0 Å². The number of benzene rings is 3. The molecule has 7 N–H and O–H groups in total. The van der Waals surface area contributed by atoms with Crippen molar-refractivity contribution in [3.05, 3.63) is 76.1 Å². The van der Waals surface area contributed by atoms with Crippen LogP contribution < -0.4 is 27.3 Å². The number of aliphatic imine (C=N–C) groups is 2. The van der Waals surface area contributed by atoms with E-state index in [-0.39, 0.29) is 17.6 Å². The van der Waals surface area contributed by atoms with Crippen molar-refractivity contribution in [3.63, 3.8) is 0 Å². The average molecular weight is 504 g/mol. The van der Waals surface area contributed by atoms with Crippen LogP contribution in [0, 0.1) is 9.39 Å². The van der Waals surface area contributed by atoms with Crippen LogP contribution in [0.15, 0.2) is 76.7 Å². The van der Waals surface area contributed by atoms with Gasteiger partial charge in [-0.15, -0.1) is 0 Å². The standard InChI is InChI=1S/C20H18FIN6O/c21-17-10-12(22)4-9-18(17)28-20(25)27-14-2-1-3-16(11-14)29-15-7-5-13(6-8-15)26-19(23)24/h1-11H,(H4,23,24,26)(H3,25,27,28). The van der Waals surface area contributed by atoms with Crippen LogP contribution in [0.5, 0.6) is 11.5 Å². The molecule has 0 aliphatic heterocycles. The summed E-state index contributed by atoms with van der Waals surface area (Å²) in [7, 11) is 0. The molecule has 148 valence electrons. The molecule has 0 radical (unpaired) electrons. The van der Waals surface area contributed by atoms with Crippen LogP contribution in [0.1, 0.15) is 0 Å². The van der Waals surface area contributed by atoms with Gasteiger partial charge in [-0.3, -0.25) is 0 Å². The molecule has 0 unspecified atom stereocenters. The minimum Gasteiger partial charge on any atom is -0.457 e. The molecule has 7 nitrogen and oxygen atoms in total. The zero-order chi connectivity index (χ0) is 20.8. The largest absolute Gasteiger partial charge is 0.457 e. The maximum absolute atomic E-state index is 13.9. The summed E-state index contributed by atoms with van der Waals surface area (Å²) in [6, 6.07) is 18.8. The summed E-state index contributed by atoms with van der Waals surface area (Å²) < 4.78 is 20.5. The Balaban J connectivity index is 1.70. The number of ether oxygens (including phenoxy) is 1. The first-order valence-electron chi connectivity index (χ1n) is 8.43. The molecule has 0 heterocycles. The third-order valence-corrected chi connectivity index (χ3v) is 4.26. The average Bonchev–Trinajstić information content (AvgIpc) is 2.65. The lowest BCUT2D eigenvalue weighted by Gasteiger charge is -2.10. The molecule has 0 saturated carbocycles. The minimum atomic E-state index is -0.442. The van der Waals surface area contributed by atoms with Gasteiger partial charge in [0.05, 0.1) is 5.69 Å². The highest BCUT2D eigenvalue weighted by Gasteiger charge is 2.04. The number of nitrogens with zero attached hydrogens (tertiary/aromatic N) is 2. The molecule has 0 bridgehead atoms. The van der Waals surface area contributed by atoms with E-state index in [0.717, 1.165) is 3.57 Å². The molecule has 0 aliphatic rings. The monoisotopic (exact) mass is 504 g/mol. The fourth-order valence-corrected chi connectivity index (χ4v) is 2.84. The van der Waals surface area contributed by atoms with Crippen molar-refractivity contribution in [2.75, 3.05) is 5.32 Å². The quantitative estimate of drug-likeness (QED) is 0.236. The summed E-state index contributed by atoms with van der Waals surface area (Å²) in [5.74, 6) is 0.797. The van der Waals surface area contributed by atoms with Gasteiger partial charge < -0.3 is 27.3 Å². The first-order chi connectivity index (χ1) is 13.9. The number of guanidine groups is 2. The van der Waals surface area contributed by atoms with Gasteiger partial charge in [-0.2, -0.15) is 0 Å². The van der Waals surface area contributed by atoms with E-state index >= 15 is 0 Å². The van der Waals surface area contributed by atoms with Crippen LogP contribution in [0.4, 0.5) is 21.5 Å². The minimum absolute atomic E-state index is 0.0122. The first kappa shape index (κ1) is 20.4. The Kier molecular flexibility index (Phi) is 6.50. The van der Waals surface area contributed by atoms with Crippen molar-refractivity contribution >= 4 is 51.6 Å². The Morgan fingerprint density at radius 3 is 2.34 bits per heavy atom. The molecular formula is C20H18FIN6O. The van der Waals surface area contributed by atoms with Crippen molar-refractivity contribution in [2.45, 2.75) is 0 Å². The number of hydrogen-bond acceptors (Lipinski definition) is 3. The fraction of sp³-hybridized carbons (Fsp3) is 0. The Labute approximate surface area is 180 Å². The summed E-state index contributed by atoms with van der Waals surface area (Å²) >= 11 is 2.03. The predicted molar refractivity (Wildman–Crippen MR) is 122 cm³/mol. The number of anilines is 1. The number of nitrogens with two attached hydrogens (primary N) is 3. The molecule has 0 aromatic heterocycles. The SMILES string of the molecule is NC(N)=Nc1ccc(Oc2cccc(NC(N)=Nc3ccc(I)cc3F)c2)cc1. The second-order valence-corrected chi connectivity index (χ2v) is 7.12. The van der Waals surface area contributed by atoms with Gasteiger partial charge in [0.2, 0.25) is 0 Å². The Hall–Kier alpha value is -3.34. The lowest BCUT2D eigenvalue weighted by Crippen LogP contribution is -2.22. The molecular weight excluding hydrogens is 486 g/mol. The van der Waals surface area contributed by atoms with Crippen LogP contribution in [-0.2, 0) is 0 Å². The number of nitrogens with one attached hydrogen (secondary N) is 1. The van der Waals surface area contributed by atoms with Crippen LogP contribution in [-0.4, -0.2) is 11.9 Å². The van der Waals surface area contributed by atoms with E-state index in [1.54, 1.807) is 60.7 Å². The molecule has 29 heavy (non-hydrogen) atoms. The fourth-order valence-electron chi connectivity index (χ4n) is 2.39. The lowest BCUT2D eigenvalue weighted by atomic mass is 10.3. The third-order valence-electron chi connectivity index (χ3n) is 3.59. The van der Waals surface area contributed by atoms with Gasteiger partial charge in [-0.1, -0.05) is 6.07 Å². The van der Waals surface area contributed by atoms with Gasteiger partial charge in [-0.05, 0) is 77.2 Å². The van der Waals surface area contributed by atoms with Gasteiger partial charge in [0.1, 0.15) is 23.0 Å². The molecule has 0 saturated heterocycles. The molecule has 0 atom stereocenters.